The van der Waals surface area contributed by atoms with Crippen molar-refractivity contribution in [3.8, 4) is 0 Å². The zero-order valence-electron chi connectivity index (χ0n) is 7.84. The van der Waals surface area contributed by atoms with E-state index >= 15 is 0 Å². The fraction of sp³-hybridized carbons (Fsp3) is 0.875. The van der Waals surface area contributed by atoms with Crippen LogP contribution < -0.4 is 5.32 Å². The second-order valence-electron chi connectivity index (χ2n) is 2.94. The number of rotatable bonds is 6. The van der Waals surface area contributed by atoms with E-state index in [2.05, 4.69) is 11.9 Å². The molecule has 1 rings (SSSR count). The lowest BCUT2D eigenvalue weighted by molar-refractivity contribution is 0.136. The summed E-state index contributed by atoms with van der Waals surface area (Å²) in [4.78, 5) is 11.0. The predicted molar refractivity (Wildman–Crippen MR) is 50.1 cm³/mol. The molecule has 1 aliphatic rings. The monoisotopic (exact) mass is 201 g/mol. The van der Waals surface area contributed by atoms with Crippen LogP contribution in [0.2, 0.25) is 12.6 Å². The quantitative estimate of drug-likeness (QED) is 0.390. The highest BCUT2D eigenvalue weighted by atomic mass is 28.2. The van der Waals surface area contributed by atoms with Crippen molar-refractivity contribution in [1.29, 1.82) is 0 Å². The molecule has 0 aromatic carbocycles. The maximum atomic E-state index is 11.0. The van der Waals surface area contributed by atoms with Gasteiger partial charge in [0.25, 0.3) is 0 Å². The van der Waals surface area contributed by atoms with Crippen LogP contribution >= 0.6 is 0 Å². The molecule has 0 spiro atoms. The molecule has 1 heterocycles. The first-order valence-corrected chi connectivity index (χ1v) is 6.20. The molecule has 4 nitrogen and oxygen atoms in total. The Morgan fingerprint density at radius 3 is 3.15 bits per heavy atom. The van der Waals surface area contributed by atoms with E-state index in [1.807, 2.05) is 0 Å². The topological polar surface area (TPSA) is 50.9 Å². The third kappa shape index (κ3) is 5.65. The van der Waals surface area contributed by atoms with Crippen LogP contribution in [0.5, 0.6) is 0 Å². The molecule has 74 valence electrons. The minimum atomic E-state index is -0.324. The Balaban J connectivity index is 1.84. The SMILES string of the molecule is C[Si]CCCNC(=O)OCC1CO1. The lowest BCUT2D eigenvalue weighted by Crippen LogP contribution is -2.26. The van der Waals surface area contributed by atoms with Gasteiger partial charge in [-0.3, -0.25) is 0 Å². The Morgan fingerprint density at radius 1 is 1.77 bits per heavy atom. The molecular formula is C8H15NO3Si. The number of ether oxygens (including phenoxy) is 2. The molecule has 1 amide bonds. The molecule has 1 N–H and O–H groups in total. The first-order chi connectivity index (χ1) is 6.33. The molecule has 0 aromatic rings. The Kier molecular flexibility index (Phi) is 4.85. The van der Waals surface area contributed by atoms with Crippen molar-refractivity contribution >= 4 is 15.6 Å². The smallest absolute Gasteiger partial charge is 0.407 e. The number of epoxide rings is 1. The van der Waals surface area contributed by atoms with Crippen molar-refractivity contribution in [2.24, 2.45) is 0 Å². The standard InChI is InChI=1S/C8H15NO3Si/c1-13-4-2-3-9-8(10)12-6-7-5-11-7/h7H,2-6H2,1H3,(H,9,10). The molecule has 1 atom stereocenters. The molecule has 0 aromatic heterocycles. The minimum absolute atomic E-state index is 0.155. The van der Waals surface area contributed by atoms with E-state index in [9.17, 15) is 4.79 Å². The molecule has 2 radical (unpaired) electrons. The van der Waals surface area contributed by atoms with Crippen molar-refractivity contribution in [1.82, 2.24) is 5.32 Å². The molecule has 0 bridgehead atoms. The number of hydrogen-bond donors (Lipinski definition) is 1. The fourth-order valence-corrected chi connectivity index (χ4v) is 1.37. The van der Waals surface area contributed by atoms with Gasteiger partial charge in [0.05, 0.1) is 6.61 Å². The van der Waals surface area contributed by atoms with Gasteiger partial charge >= 0.3 is 6.09 Å². The minimum Gasteiger partial charge on any atom is -0.447 e. The van der Waals surface area contributed by atoms with Crippen molar-refractivity contribution in [3.05, 3.63) is 0 Å². The highest BCUT2D eigenvalue weighted by Crippen LogP contribution is 2.08. The van der Waals surface area contributed by atoms with E-state index < -0.39 is 0 Å². The lowest BCUT2D eigenvalue weighted by atomic mass is 10.5. The zero-order chi connectivity index (χ0) is 9.52. The summed E-state index contributed by atoms with van der Waals surface area (Å²) < 4.78 is 9.77. The first kappa shape index (κ1) is 10.5. The molecule has 1 aliphatic heterocycles. The van der Waals surface area contributed by atoms with Crippen LogP contribution in [0.25, 0.3) is 0 Å². The highest BCUT2D eigenvalue weighted by molar-refractivity contribution is 6.33. The summed E-state index contributed by atoms with van der Waals surface area (Å²) in [5.74, 6) is 0. The van der Waals surface area contributed by atoms with Crippen molar-refractivity contribution in [2.45, 2.75) is 25.1 Å². The van der Waals surface area contributed by atoms with E-state index in [1.54, 1.807) is 0 Å². The van der Waals surface area contributed by atoms with E-state index in [0.717, 1.165) is 22.5 Å². The van der Waals surface area contributed by atoms with Crippen molar-refractivity contribution < 1.29 is 14.3 Å². The molecule has 5 heteroatoms. The summed E-state index contributed by atoms with van der Waals surface area (Å²) in [5, 5.41) is 2.69. The van der Waals surface area contributed by atoms with Gasteiger partial charge in [-0.05, 0) is 6.42 Å². The summed E-state index contributed by atoms with van der Waals surface area (Å²) >= 11 is 0. The number of carbonyl (C=O) groups is 1. The fourth-order valence-electron chi connectivity index (χ4n) is 0.840. The number of hydrogen-bond acceptors (Lipinski definition) is 3. The summed E-state index contributed by atoms with van der Waals surface area (Å²) in [7, 11) is 0.956. The Bertz CT molecular complexity index is 161. The van der Waals surface area contributed by atoms with Crippen molar-refractivity contribution in [3.63, 3.8) is 0 Å². The number of nitrogens with one attached hydrogen (secondary N) is 1. The average Bonchev–Trinajstić information content (AvgIpc) is 2.92. The Labute approximate surface area is 80.8 Å². The first-order valence-electron chi connectivity index (χ1n) is 4.49. The largest absolute Gasteiger partial charge is 0.447 e. The Morgan fingerprint density at radius 2 is 2.54 bits per heavy atom. The van der Waals surface area contributed by atoms with Gasteiger partial charge in [-0.2, -0.15) is 0 Å². The van der Waals surface area contributed by atoms with Gasteiger partial charge < -0.3 is 14.8 Å². The molecular weight excluding hydrogens is 186 g/mol. The molecule has 1 unspecified atom stereocenters. The summed E-state index contributed by atoms with van der Waals surface area (Å²) in [6.07, 6.45) is 0.863. The molecule has 0 saturated carbocycles. The lowest BCUT2D eigenvalue weighted by Gasteiger charge is -2.04. The number of amides is 1. The average molecular weight is 201 g/mol. The van der Waals surface area contributed by atoms with E-state index in [1.165, 1.54) is 6.04 Å². The van der Waals surface area contributed by atoms with Crippen LogP contribution in [0.4, 0.5) is 4.79 Å². The molecule has 1 saturated heterocycles. The summed E-state index contributed by atoms with van der Waals surface area (Å²) in [6, 6.07) is 1.17. The third-order valence-corrected chi connectivity index (χ3v) is 2.53. The van der Waals surface area contributed by atoms with Gasteiger partial charge in [0, 0.05) is 16.1 Å². The van der Waals surface area contributed by atoms with Gasteiger partial charge in [0.2, 0.25) is 0 Å². The predicted octanol–water partition coefficient (Wildman–Crippen LogP) is 0.672. The van der Waals surface area contributed by atoms with Crippen LogP contribution in [-0.4, -0.2) is 41.5 Å². The van der Waals surface area contributed by atoms with Gasteiger partial charge in [-0.1, -0.05) is 12.6 Å². The van der Waals surface area contributed by atoms with E-state index in [0.29, 0.717) is 13.2 Å². The van der Waals surface area contributed by atoms with Crippen LogP contribution in [-0.2, 0) is 9.47 Å². The summed E-state index contributed by atoms with van der Waals surface area (Å²) in [5.41, 5.74) is 0. The zero-order valence-corrected chi connectivity index (χ0v) is 8.84. The number of alkyl carbamates (subject to hydrolysis) is 1. The van der Waals surface area contributed by atoms with Gasteiger partial charge in [0.1, 0.15) is 12.7 Å². The van der Waals surface area contributed by atoms with E-state index in [-0.39, 0.29) is 12.2 Å². The van der Waals surface area contributed by atoms with Crippen LogP contribution in [0.15, 0.2) is 0 Å². The van der Waals surface area contributed by atoms with E-state index in [4.69, 9.17) is 9.47 Å². The van der Waals surface area contributed by atoms with Crippen LogP contribution in [0.1, 0.15) is 6.42 Å². The summed E-state index contributed by atoms with van der Waals surface area (Å²) in [6.45, 7) is 3.99. The van der Waals surface area contributed by atoms with Crippen LogP contribution in [0, 0.1) is 0 Å². The molecule has 0 aliphatic carbocycles. The third-order valence-electron chi connectivity index (χ3n) is 1.68. The second-order valence-corrected chi connectivity index (χ2v) is 4.14. The molecule has 1 fully saturated rings. The van der Waals surface area contributed by atoms with Gasteiger partial charge in [-0.25, -0.2) is 4.79 Å². The Hall–Kier alpha value is -0.553. The van der Waals surface area contributed by atoms with Crippen LogP contribution in [0.3, 0.4) is 0 Å². The maximum absolute atomic E-state index is 11.0. The molecule has 13 heavy (non-hydrogen) atoms. The van der Waals surface area contributed by atoms with Gasteiger partial charge in [-0.15, -0.1) is 0 Å². The second kappa shape index (κ2) is 5.99. The maximum Gasteiger partial charge on any atom is 0.407 e. The normalized spacial score (nSPS) is 19.6. The number of carbonyl (C=O) groups excluding carboxylic acids is 1. The van der Waals surface area contributed by atoms with Gasteiger partial charge in [0.15, 0.2) is 0 Å². The highest BCUT2D eigenvalue weighted by Gasteiger charge is 2.23. The van der Waals surface area contributed by atoms with Crippen molar-refractivity contribution in [2.75, 3.05) is 19.8 Å².